The van der Waals surface area contributed by atoms with Crippen molar-refractivity contribution in [2.75, 3.05) is 18.6 Å². The molecular weight excluding hydrogens is 313 g/mol. The van der Waals surface area contributed by atoms with Crippen LogP contribution in [0.3, 0.4) is 0 Å². The number of aromatic carboxylic acids is 1. The second-order valence-electron chi connectivity index (χ2n) is 3.97. The molecule has 0 aromatic heterocycles. The highest BCUT2D eigenvalue weighted by atomic mass is 32.2. The highest BCUT2D eigenvalue weighted by Crippen LogP contribution is 2.15. The number of sulfone groups is 1. The molecule has 0 spiro atoms. The second-order valence-corrected chi connectivity index (χ2v) is 8.00. The summed E-state index contributed by atoms with van der Waals surface area (Å²) in [6.45, 7) is -0.360. The average molecular weight is 325 g/mol. The normalized spacial score (nSPS) is 12.3. The summed E-state index contributed by atoms with van der Waals surface area (Å²) in [5, 5.41) is 8.70. The summed E-state index contributed by atoms with van der Waals surface area (Å²) in [6, 6.07) is 2.28. The topological polar surface area (TPSA) is 118 Å². The lowest BCUT2D eigenvalue weighted by Crippen LogP contribution is -2.29. The molecule has 0 heterocycles. The van der Waals surface area contributed by atoms with Gasteiger partial charge in [-0.15, -0.1) is 0 Å². The first-order valence-corrected chi connectivity index (χ1v) is 8.77. The van der Waals surface area contributed by atoms with Gasteiger partial charge in [-0.25, -0.2) is 30.7 Å². The Morgan fingerprint density at radius 1 is 1.30 bits per heavy atom. The number of hydrogen-bond donors (Lipinski definition) is 2. The van der Waals surface area contributed by atoms with Gasteiger partial charge in [0.2, 0.25) is 10.0 Å². The van der Waals surface area contributed by atoms with E-state index in [4.69, 9.17) is 5.11 Å². The molecule has 0 amide bonds. The molecule has 0 aliphatic heterocycles. The Labute approximate surface area is 115 Å². The standard InChI is InChI=1S/C10H12FNO6S2/c1-19(15,16)5-4-12-20(17,18)7-2-3-9(11)8(6-7)10(13)14/h2-3,6,12H,4-5H2,1H3,(H,13,14). The van der Waals surface area contributed by atoms with Gasteiger partial charge in [0.25, 0.3) is 0 Å². The van der Waals surface area contributed by atoms with Crippen LogP contribution in [-0.4, -0.2) is 46.5 Å². The predicted molar refractivity (Wildman–Crippen MR) is 68.3 cm³/mol. The van der Waals surface area contributed by atoms with Gasteiger partial charge in [-0.2, -0.15) is 0 Å². The van der Waals surface area contributed by atoms with Crippen LogP contribution in [0.5, 0.6) is 0 Å². The Kier molecular flexibility index (Phi) is 4.84. The zero-order chi connectivity index (χ0) is 15.6. The Hall–Kier alpha value is -1.52. The van der Waals surface area contributed by atoms with Crippen molar-refractivity contribution in [3.63, 3.8) is 0 Å². The molecule has 7 nitrogen and oxygen atoms in total. The third-order valence-corrected chi connectivity index (χ3v) is 4.65. The number of halogens is 1. The van der Waals surface area contributed by atoms with Crippen molar-refractivity contribution in [2.45, 2.75) is 4.90 Å². The summed E-state index contributed by atoms with van der Waals surface area (Å²) >= 11 is 0. The first-order valence-electron chi connectivity index (χ1n) is 5.23. The third-order valence-electron chi connectivity index (χ3n) is 2.24. The molecule has 1 aromatic carbocycles. The molecule has 0 fully saturated rings. The maximum Gasteiger partial charge on any atom is 0.338 e. The van der Waals surface area contributed by atoms with E-state index < -0.39 is 47.9 Å². The monoisotopic (exact) mass is 325 g/mol. The minimum atomic E-state index is -4.10. The van der Waals surface area contributed by atoms with E-state index in [2.05, 4.69) is 0 Å². The van der Waals surface area contributed by atoms with Gasteiger partial charge < -0.3 is 5.11 Å². The van der Waals surface area contributed by atoms with Crippen LogP contribution < -0.4 is 4.72 Å². The molecule has 0 radical (unpaired) electrons. The first kappa shape index (κ1) is 16.5. The van der Waals surface area contributed by atoms with Gasteiger partial charge in [0.05, 0.1) is 16.2 Å². The van der Waals surface area contributed by atoms with Crippen molar-refractivity contribution in [2.24, 2.45) is 0 Å². The van der Waals surface area contributed by atoms with E-state index in [0.29, 0.717) is 12.1 Å². The van der Waals surface area contributed by atoms with Gasteiger partial charge >= 0.3 is 5.97 Å². The van der Waals surface area contributed by atoms with E-state index in [-0.39, 0.29) is 6.54 Å². The zero-order valence-corrected chi connectivity index (χ0v) is 12.0. The van der Waals surface area contributed by atoms with Crippen LogP contribution in [0.4, 0.5) is 4.39 Å². The fourth-order valence-electron chi connectivity index (χ4n) is 1.28. The molecule has 2 N–H and O–H groups in total. The zero-order valence-electron chi connectivity index (χ0n) is 10.3. The molecular formula is C10H12FNO6S2. The average Bonchev–Trinajstić information content (AvgIpc) is 2.26. The van der Waals surface area contributed by atoms with Crippen molar-refractivity contribution in [3.05, 3.63) is 29.6 Å². The lowest BCUT2D eigenvalue weighted by molar-refractivity contribution is 0.0691. The molecule has 0 saturated heterocycles. The molecule has 10 heteroatoms. The summed E-state index contributed by atoms with van der Waals surface area (Å²) in [7, 11) is -7.44. The van der Waals surface area contributed by atoms with Gasteiger partial charge in [-0.3, -0.25) is 0 Å². The van der Waals surface area contributed by atoms with Crippen LogP contribution in [0.15, 0.2) is 23.1 Å². The van der Waals surface area contributed by atoms with Crippen LogP contribution in [0, 0.1) is 5.82 Å². The van der Waals surface area contributed by atoms with Crippen LogP contribution in [0.2, 0.25) is 0 Å². The number of carboxylic acid groups (broad SMARTS) is 1. The van der Waals surface area contributed by atoms with E-state index in [9.17, 15) is 26.0 Å². The molecule has 20 heavy (non-hydrogen) atoms. The smallest absolute Gasteiger partial charge is 0.338 e. The molecule has 0 atom stereocenters. The Morgan fingerprint density at radius 3 is 2.40 bits per heavy atom. The molecule has 1 aromatic rings. The van der Waals surface area contributed by atoms with E-state index in [1.54, 1.807) is 0 Å². The van der Waals surface area contributed by atoms with E-state index in [1.165, 1.54) is 0 Å². The molecule has 0 unspecified atom stereocenters. The molecule has 0 aliphatic rings. The number of nitrogens with one attached hydrogen (secondary N) is 1. The number of rotatable bonds is 6. The van der Waals surface area contributed by atoms with Crippen LogP contribution in [0.25, 0.3) is 0 Å². The van der Waals surface area contributed by atoms with Crippen molar-refractivity contribution in [1.29, 1.82) is 0 Å². The largest absolute Gasteiger partial charge is 0.478 e. The number of carboxylic acids is 1. The van der Waals surface area contributed by atoms with Crippen LogP contribution in [-0.2, 0) is 19.9 Å². The second kappa shape index (κ2) is 5.85. The fraction of sp³-hybridized carbons (Fsp3) is 0.300. The van der Waals surface area contributed by atoms with Gasteiger partial charge in [-0.05, 0) is 18.2 Å². The summed E-state index contributed by atoms with van der Waals surface area (Å²) in [5.41, 5.74) is -0.781. The van der Waals surface area contributed by atoms with Gasteiger partial charge in [0.15, 0.2) is 0 Å². The lowest BCUT2D eigenvalue weighted by Gasteiger charge is -2.07. The van der Waals surface area contributed by atoms with Gasteiger partial charge in [-0.1, -0.05) is 0 Å². The minimum Gasteiger partial charge on any atom is -0.478 e. The van der Waals surface area contributed by atoms with E-state index in [1.807, 2.05) is 4.72 Å². The summed E-state index contributed by atoms with van der Waals surface area (Å²) < 4.78 is 60.5. The van der Waals surface area contributed by atoms with Crippen molar-refractivity contribution in [3.8, 4) is 0 Å². The molecule has 0 saturated carbocycles. The molecule has 0 aliphatic carbocycles. The number of benzene rings is 1. The Morgan fingerprint density at radius 2 is 1.90 bits per heavy atom. The summed E-state index contributed by atoms with van der Waals surface area (Å²) in [4.78, 5) is 10.3. The number of hydrogen-bond acceptors (Lipinski definition) is 5. The van der Waals surface area contributed by atoms with Gasteiger partial charge in [0, 0.05) is 12.8 Å². The highest BCUT2D eigenvalue weighted by Gasteiger charge is 2.19. The van der Waals surface area contributed by atoms with Gasteiger partial charge in [0.1, 0.15) is 15.7 Å². The minimum absolute atomic E-state index is 0.360. The van der Waals surface area contributed by atoms with Crippen molar-refractivity contribution < 1.29 is 31.1 Å². The highest BCUT2D eigenvalue weighted by molar-refractivity contribution is 7.91. The Balaban J connectivity index is 2.99. The quantitative estimate of drug-likeness (QED) is 0.751. The third kappa shape index (κ3) is 4.54. The SMILES string of the molecule is CS(=O)(=O)CCNS(=O)(=O)c1ccc(F)c(C(=O)O)c1. The van der Waals surface area contributed by atoms with Crippen molar-refractivity contribution in [1.82, 2.24) is 4.72 Å². The maximum absolute atomic E-state index is 13.1. The lowest BCUT2D eigenvalue weighted by atomic mass is 10.2. The molecule has 112 valence electrons. The number of carbonyl (C=O) groups is 1. The molecule has 1 rings (SSSR count). The van der Waals surface area contributed by atoms with Crippen LogP contribution >= 0.6 is 0 Å². The number of sulfonamides is 1. The van der Waals surface area contributed by atoms with E-state index >= 15 is 0 Å². The summed E-state index contributed by atoms with van der Waals surface area (Å²) in [5.74, 6) is -3.07. The first-order chi connectivity index (χ1) is 9.03. The van der Waals surface area contributed by atoms with E-state index in [0.717, 1.165) is 12.3 Å². The van der Waals surface area contributed by atoms with Crippen LogP contribution in [0.1, 0.15) is 10.4 Å². The Bertz CT molecular complexity index is 726. The summed E-state index contributed by atoms with van der Waals surface area (Å²) in [6.07, 6.45) is 0.946. The maximum atomic E-state index is 13.1. The molecule has 0 bridgehead atoms. The van der Waals surface area contributed by atoms with Crippen molar-refractivity contribution >= 4 is 25.8 Å². The fourth-order valence-corrected chi connectivity index (χ4v) is 2.94. The predicted octanol–water partition coefficient (Wildman–Crippen LogP) is -0.153.